The van der Waals surface area contributed by atoms with Gasteiger partial charge in [0, 0.05) is 0 Å². The topological polar surface area (TPSA) is 93.2 Å². The average molecular weight is 248 g/mol. The van der Waals surface area contributed by atoms with Crippen LogP contribution in [0.1, 0.15) is 12.8 Å². The number of rotatable bonds is 6. The molecule has 0 bridgehead atoms. The summed E-state index contributed by atoms with van der Waals surface area (Å²) in [4.78, 5) is 0. The molecule has 0 fully saturated rings. The largest absolute Gasteiger partial charge is 0.870 e. The number of aryl methyl sites for hydroxylation is 1. The first-order chi connectivity index (χ1) is 7.01. The molecule has 0 saturated carbocycles. The SMILES string of the molecule is C=Cn1cc[n+](CCCCS(=O)(=O)O)c1.[OH-]. The Morgan fingerprint density at radius 2 is 2.12 bits per heavy atom. The molecule has 0 amide bonds. The molecule has 0 spiro atoms. The van der Waals surface area contributed by atoms with Gasteiger partial charge in [-0.1, -0.05) is 6.58 Å². The number of hydrogen-bond donors (Lipinski definition) is 1. The van der Waals surface area contributed by atoms with Gasteiger partial charge in [0.05, 0.1) is 18.5 Å². The highest BCUT2D eigenvalue weighted by molar-refractivity contribution is 7.85. The van der Waals surface area contributed by atoms with Gasteiger partial charge in [0.1, 0.15) is 12.4 Å². The van der Waals surface area contributed by atoms with E-state index in [1.165, 1.54) is 0 Å². The molecular weight excluding hydrogens is 232 g/mol. The molecule has 0 atom stereocenters. The quantitative estimate of drug-likeness (QED) is 0.447. The van der Waals surface area contributed by atoms with Crippen molar-refractivity contribution in [1.29, 1.82) is 0 Å². The molecule has 6 nitrogen and oxygen atoms in total. The zero-order valence-electron chi connectivity index (χ0n) is 8.86. The van der Waals surface area contributed by atoms with Gasteiger partial charge in [-0.25, -0.2) is 9.13 Å². The Hall–Kier alpha value is -1.18. The lowest BCUT2D eigenvalue weighted by atomic mass is 10.3. The molecule has 92 valence electrons. The Balaban J connectivity index is 0.00000225. The van der Waals surface area contributed by atoms with Crippen LogP contribution in [-0.4, -0.2) is 28.8 Å². The fourth-order valence-electron chi connectivity index (χ4n) is 1.23. The Labute approximate surface area is 94.9 Å². The van der Waals surface area contributed by atoms with Crippen LogP contribution in [0, 0.1) is 0 Å². The molecule has 0 aliphatic rings. The molecule has 0 saturated heterocycles. The summed E-state index contributed by atoms with van der Waals surface area (Å²) in [5.41, 5.74) is 0. The predicted octanol–water partition coefficient (Wildman–Crippen LogP) is 0.367. The Kier molecular flexibility index (Phi) is 5.94. The molecule has 0 aliphatic heterocycles. The maximum atomic E-state index is 10.4. The molecule has 1 aromatic rings. The van der Waals surface area contributed by atoms with Gasteiger partial charge < -0.3 is 5.48 Å². The highest BCUT2D eigenvalue weighted by atomic mass is 32.2. The van der Waals surface area contributed by atoms with Gasteiger partial charge in [0.15, 0.2) is 0 Å². The summed E-state index contributed by atoms with van der Waals surface area (Å²) in [5, 5.41) is 0. The molecule has 1 aromatic heterocycles. The lowest BCUT2D eigenvalue weighted by Gasteiger charge is -1.96. The molecule has 16 heavy (non-hydrogen) atoms. The zero-order chi connectivity index (χ0) is 11.3. The molecule has 7 heteroatoms. The van der Waals surface area contributed by atoms with Gasteiger partial charge in [-0.3, -0.25) is 4.55 Å². The summed E-state index contributed by atoms with van der Waals surface area (Å²) >= 11 is 0. The summed E-state index contributed by atoms with van der Waals surface area (Å²) in [6.07, 6.45) is 8.46. The van der Waals surface area contributed by atoms with Crippen molar-refractivity contribution in [2.75, 3.05) is 5.75 Å². The third-order valence-corrected chi connectivity index (χ3v) is 2.80. The Morgan fingerprint density at radius 3 is 2.62 bits per heavy atom. The predicted molar refractivity (Wildman–Crippen MR) is 58.6 cm³/mol. The van der Waals surface area contributed by atoms with Crippen molar-refractivity contribution in [2.24, 2.45) is 0 Å². The maximum Gasteiger partial charge on any atom is 0.264 e. The van der Waals surface area contributed by atoms with Crippen LogP contribution < -0.4 is 4.57 Å². The molecule has 0 radical (unpaired) electrons. The van der Waals surface area contributed by atoms with Crippen molar-refractivity contribution < 1.29 is 23.0 Å². The van der Waals surface area contributed by atoms with E-state index in [0.29, 0.717) is 12.8 Å². The fraction of sp³-hybridized carbons (Fsp3) is 0.444. The van der Waals surface area contributed by atoms with E-state index < -0.39 is 10.1 Å². The van der Waals surface area contributed by atoms with Crippen LogP contribution in [0.4, 0.5) is 0 Å². The standard InChI is InChI=1S/C9H14N2O3S.H2O/c1-2-10-6-7-11(9-10)5-3-4-8-15(12,13)14;/h2,6-7,9H,1,3-5,8H2;1H2. The molecular formula is C9H16N2O4S. The lowest BCUT2D eigenvalue weighted by molar-refractivity contribution is -0.696. The van der Waals surface area contributed by atoms with Gasteiger partial charge in [0.2, 0.25) is 6.33 Å². The summed E-state index contributed by atoms with van der Waals surface area (Å²) in [5.74, 6) is -0.171. The minimum absolute atomic E-state index is 0. The molecule has 0 aliphatic carbocycles. The molecule has 0 unspecified atom stereocenters. The second-order valence-corrected chi connectivity index (χ2v) is 4.85. The van der Waals surface area contributed by atoms with Crippen molar-refractivity contribution in [3.63, 3.8) is 0 Å². The Bertz CT molecular complexity index is 424. The monoisotopic (exact) mass is 248 g/mol. The minimum Gasteiger partial charge on any atom is -0.870 e. The second-order valence-electron chi connectivity index (χ2n) is 3.27. The number of aromatic nitrogens is 2. The highest BCUT2D eigenvalue weighted by Gasteiger charge is 2.05. The Morgan fingerprint density at radius 1 is 1.44 bits per heavy atom. The average Bonchev–Trinajstić information content (AvgIpc) is 2.59. The van der Waals surface area contributed by atoms with Crippen molar-refractivity contribution in [2.45, 2.75) is 19.4 Å². The minimum atomic E-state index is -3.81. The van der Waals surface area contributed by atoms with E-state index >= 15 is 0 Å². The lowest BCUT2D eigenvalue weighted by Crippen LogP contribution is -2.30. The van der Waals surface area contributed by atoms with Gasteiger partial charge in [0.25, 0.3) is 10.1 Å². The van der Waals surface area contributed by atoms with Crippen LogP contribution in [0.2, 0.25) is 0 Å². The molecule has 1 heterocycles. The summed E-state index contributed by atoms with van der Waals surface area (Å²) in [6, 6.07) is 0. The smallest absolute Gasteiger partial charge is 0.264 e. The van der Waals surface area contributed by atoms with Gasteiger partial charge >= 0.3 is 0 Å². The van der Waals surface area contributed by atoms with E-state index in [-0.39, 0.29) is 11.2 Å². The van der Waals surface area contributed by atoms with Crippen molar-refractivity contribution >= 4 is 16.3 Å². The highest BCUT2D eigenvalue weighted by Crippen LogP contribution is 1.94. The first kappa shape index (κ1) is 14.8. The van der Waals surface area contributed by atoms with Crippen molar-refractivity contribution in [1.82, 2.24) is 4.57 Å². The summed E-state index contributed by atoms with van der Waals surface area (Å²) < 4.78 is 33.1. The van der Waals surface area contributed by atoms with Gasteiger partial charge in [-0.05, 0) is 12.8 Å². The maximum absolute atomic E-state index is 10.4. The van der Waals surface area contributed by atoms with Crippen molar-refractivity contribution in [3.05, 3.63) is 25.3 Å². The van der Waals surface area contributed by atoms with Crippen LogP contribution in [0.5, 0.6) is 0 Å². The van der Waals surface area contributed by atoms with E-state index in [0.717, 1.165) is 6.54 Å². The number of unbranched alkanes of at least 4 members (excludes halogenated alkanes) is 1. The van der Waals surface area contributed by atoms with Crippen LogP contribution in [0.25, 0.3) is 6.20 Å². The number of hydrogen-bond acceptors (Lipinski definition) is 3. The first-order valence-corrected chi connectivity index (χ1v) is 6.26. The molecule has 2 N–H and O–H groups in total. The molecule has 0 aromatic carbocycles. The van der Waals surface area contributed by atoms with E-state index in [2.05, 4.69) is 6.58 Å². The first-order valence-electron chi connectivity index (χ1n) is 4.65. The molecule has 1 rings (SSSR count). The van der Waals surface area contributed by atoms with Crippen molar-refractivity contribution in [3.8, 4) is 0 Å². The van der Waals surface area contributed by atoms with Crippen LogP contribution in [0.15, 0.2) is 25.3 Å². The number of nitrogens with zero attached hydrogens (tertiary/aromatic N) is 2. The third-order valence-electron chi connectivity index (χ3n) is 1.99. The van der Waals surface area contributed by atoms with E-state index in [1.54, 1.807) is 6.20 Å². The second kappa shape index (κ2) is 6.41. The van der Waals surface area contributed by atoms with Crippen LogP contribution in [0.3, 0.4) is 0 Å². The normalized spacial score (nSPS) is 10.8. The van der Waals surface area contributed by atoms with E-state index in [1.807, 2.05) is 27.9 Å². The van der Waals surface area contributed by atoms with Crippen LogP contribution >= 0.6 is 0 Å². The van der Waals surface area contributed by atoms with E-state index in [4.69, 9.17) is 4.55 Å². The number of imidazole rings is 1. The summed E-state index contributed by atoms with van der Waals surface area (Å²) in [6.45, 7) is 4.34. The van der Waals surface area contributed by atoms with Gasteiger partial charge in [-0.2, -0.15) is 8.42 Å². The summed E-state index contributed by atoms with van der Waals surface area (Å²) in [7, 11) is -3.81. The zero-order valence-corrected chi connectivity index (χ0v) is 9.68. The van der Waals surface area contributed by atoms with Crippen LogP contribution in [-0.2, 0) is 16.7 Å². The third kappa shape index (κ3) is 5.64. The fourth-order valence-corrected chi connectivity index (χ4v) is 1.80. The van der Waals surface area contributed by atoms with E-state index in [9.17, 15) is 8.42 Å². The van der Waals surface area contributed by atoms with Gasteiger partial charge in [-0.15, -0.1) is 0 Å².